The number of hydrogen-bond donors (Lipinski definition) is 0. The molecule has 2 atom stereocenters. The molecule has 126 valence electrons. The van der Waals surface area contributed by atoms with Crippen molar-refractivity contribution in [1.82, 2.24) is 4.90 Å². The van der Waals surface area contributed by atoms with E-state index in [1.54, 1.807) is 0 Å². The molecule has 1 amide bonds. The van der Waals surface area contributed by atoms with Gasteiger partial charge in [0, 0.05) is 38.2 Å². The molecule has 3 rings (SSSR count). The van der Waals surface area contributed by atoms with Crippen LogP contribution in [0.25, 0.3) is 0 Å². The molecule has 0 radical (unpaired) electrons. The number of benzene rings is 1. The van der Waals surface area contributed by atoms with Crippen molar-refractivity contribution in [2.45, 2.75) is 26.1 Å². The van der Waals surface area contributed by atoms with Gasteiger partial charge in [-0.1, -0.05) is 11.6 Å². The van der Waals surface area contributed by atoms with Gasteiger partial charge in [0.1, 0.15) is 0 Å². The summed E-state index contributed by atoms with van der Waals surface area (Å²) in [5.74, 6) is 0.155. The first-order valence-electron chi connectivity index (χ1n) is 8.13. The van der Waals surface area contributed by atoms with E-state index in [0.29, 0.717) is 24.7 Å². The van der Waals surface area contributed by atoms with E-state index in [2.05, 4.69) is 16.8 Å². The predicted molar refractivity (Wildman–Crippen MR) is 93.5 cm³/mol. The molecular weight excluding hydrogens is 314 g/mol. The maximum absolute atomic E-state index is 12.7. The van der Waals surface area contributed by atoms with E-state index in [-0.39, 0.29) is 18.1 Å². The Hall–Kier alpha value is -1.46. The Bertz CT molecular complexity index is 585. The second-order valence-electron chi connectivity index (χ2n) is 6.53. The van der Waals surface area contributed by atoms with Crippen molar-refractivity contribution in [3.05, 3.63) is 23.2 Å². The lowest BCUT2D eigenvalue weighted by Gasteiger charge is -2.39. The van der Waals surface area contributed by atoms with E-state index in [9.17, 15) is 4.79 Å². The molecule has 2 heterocycles. The fourth-order valence-electron chi connectivity index (χ4n) is 3.39. The quantitative estimate of drug-likeness (QED) is 0.829. The van der Waals surface area contributed by atoms with E-state index in [0.717, 1.165) is 24.5 Å². The molecule has 0 aromatic heterocycles. The lowest BCUT2D eigenvalue weighted by Crippen LogP contribution is -2.52. The van der Waals surface area contributed by atoms with E-state index in [1.807, 2.05) is 36.9 Å². The number of fused-ring (bicyclic) bond motifs is 1. The van der Waals surface area contributed by atoms with Gasteiger partial charge in [-0.3, -0.25) is 4.79 Å². The normalized spacial score (nSPS) is 24.6. The van der Waals surface area contributed by atoms with Gasteiger partial charge >= 0.3 is 0 Å². The third kappa shape index (κ3) is 3.56. The molecular formula is C17H24ClN3O2. The van der Waals surface area contributed by atoms with Gasteiger partial charge in [-0.15, -0.1) is 0 Å². The molecule has 5 nitrogen and oxygen atoms in total. The van der Waals surface area contributed by atoms with Crippen molar-refractivity contribution in [2.24, 2.45) is 0 Å². The zero-order chi connectivity index (χ0) is 16.6. The summed E-state index contributed by atoms with van der Waals surface area (Å²) in [6.07, 6.45) is 0.189. The Kier molecular flexibility index (Phi) is 4.69. The number of ether oxygens (including phenoxy) is 1. The minimum Gasteiger partial charge on any atom is -0.372 e. The topological polar surface area (TPSA) is 36.0 Å². The molecule has 0 N–H and O–H groups in total. The van der Waals surface area contributed by atoms with Crippen molar-refractivity contribution in [3.63, 3.8) is 0 Å². The summed E-state index contributed by atoms with van der Waals surface area (Å²) in [7, 11) is 2.07. The molecule has 0 spiro atoms. The summed E-state index contributed by atoms with van der Waals surface area (Å²) < 4.78 is 5.71. The molecule has 23 heavy (non-hydrogen) atoms. The maximum atomic E-state index is 12.7. The van der Waals surface area contributed by atoms with Crippen molar-refractivity contribution in [1.29, 1.82) is 0 Å². The SMILES string of the molecule is CC1CN(C(=O)CN2CCN(C)c3ccc(Cl)cc32)CC(C)O1. The highest BCUT2D eigenvalue weighted by Gasteiger charge is 2.29. The third-order valence-corrected chi connectivity index (χ3v) is 4.73. The van der Waals surface area contributed by atoms with Crippen molar-refractivity contribution < 1.29 is 9.53 Å². The fourth-order valence-corrected chi connectivity index (χ4v) is 3.56. The fraction of sp³-hybridized carbons (Fsp3) is 0.588. The van der Waals surface area contributed by atoms with Crippen LogP contribution in [0.2, 0.25) is 5.02 Å². The summed E-state index contributed by atoms with van der Waals surface area (Å²) in [6.45, 7) is 7.48. The highest BCUT2D eigenvalue weighted by molar-refractivity contribution is 6.31. The van der Waals surface area contributed by atoms with Gasteiger partial charge in [0.25, 0.3) is 0 Å². The van der Waals surface area contributed by atoms with Gasteiger partial charge in [-0.05, 0) is 32.0 Å². The van der Waals surface area contributed by atoms with Crippen LogP contribution in [0.5, 0.6) is 0 Å². The lowest BCUT2D eigenvalue weighted by molar-refractivity contribution is -0.141. The second-order valence-corrected chi connectivity index (χ2v) is 6.97. The molecule has 0 bridgehead atoms. The molecule has 2 aliphatic rings. The second kappa shape index (κ2) is 6.57. The molecule has 0 saturated carbocycles. The van der Waals surface area contributed by atoms with Crippen LogP contribution in [-0.2, 0) is 9.53 Å². The van der Waals surface area contributed by atoms with Gasteiger partial charge in [-0.25, -0.2) is 0 Å². The van der Waals surface area contributed by atoms with E-state index >= 15 is 0 Å². The summed E-state index contributed by atoms with van der Waals surface area (Å²) in [4.78, 5) is 19.0. The van der Waals surface area contributed by atoms with E-state index in [4.69, 9.17) is 16.3 Å². The third-order valence-electron chi connectivity index (χ3n) is 4.49. The first-order valence-corrected chi connectivity index (χ1v) is 8.50. The smallest absolute Gasteiger partial charge is 0.242 e. The Morgan fingerprint density at radius 2 is 1.91 bits per heavy atom. The summed E-state index contributed by atoms with van der Waals surface area (Å²) >= 11 is 6.16. The number of hydrogen-bond acceptors (Lipinski definition) is 4. The lowest BCUT2D eigenvalue weighted by atomic mass is 10.1. The molecule has 2 unspecified atom stereocenters. The highest BCUT2D eigenvalue weighted by Crippen LogP contribution is 2.34. The van der Waals surface area contributed by atoms with Crippen molar-refractivity contribution in [3.8, 4) is 0 Å². The summed E-state index contributed by atoms with van der Waals surface area (Å²) in [6, 6.07) is 5.87. The number of nitrogens with zero attached hydrogens (tertiary/aromatic N) is 3. The van der Waals surface area contributed by atoms with Crippen LogP contribution in [0.4, 0.5) is 11.4 Å². The van der Waals surface area contributed by atoms with Crippen LogP contribution in [0.15, 0.2) is 18.2 Å². The highest BCUT2D eigenvalue weighted by atomic mass is 35.5. The predicted octanol–water partition coefficient (Wildman–Crippen LogP) is 2.23. The zero-order valence-electron chi connectivity index (χ0n) is 14.0. The van der Waals surface area contributed by atoms with Crippen LogP contribution in [-0.4, -0.2) is 62.8 Å². The maximum Gasteiger partial charge on any atom is 0.242 e. The van der Waals surface area contributed by atoms with Gasteiger partial charge in [0.15, 0.2) is 0 Å². The Balaban J connectivity index is 1.74. The Morgan fingerprint density at radius 1 is 1.22 bits per heavy atom. The largest absolute Gasteiger partial charge is 0.372 e. The first-order chi connectivity index (χ1) is 10.9. The van der Waals surface area contributed by atoms with E-state index < -0.39 is 0 Å². The van der Waals surface area contributed by atoms with Crippen LogP contribution in [0.3, 0.4) is 0 Å². The molecule has 1 aromatic carbocycles. The number of likely N-dealkylation sites (N-methyl/N-ethyl adjacent to an activating group) is 1. The summed E-state index contributed by atoms with van der Waals surface area (Å²) in [5, 5.41) is 0.699. The molecule has 2 aliphatic heterocycles. The molecule has 1 aromatic rings. The monoisotopic (exact) mass is 337 g/mol. The molecule has 0 aliphatic carbocycles. The van der Waals surface area contributed by atoms with E-state index in [1.165, 1.54) is 0 Å². The average Bonchev–Trinajstić information content (AvgIpc) is 2.49. The minimum absolute atomic E-state index is 0.0944. The minimum atomic E-state index is 0.0944. The standard InChI is InChI=1S/C17H24ClN3O2/c1-12-9-21(10-13(2)23-12)17(22)11-20-7-6-19(3)15-5-4-14(18)8-16(15)20/h4-5,8,12-13H,6-7,9-11H2,1-3H3. The van der Waals surface area contributed by atoms with Gasteiger partial charge in [0.05, 0.1) is 30.1 Å². The number of anilines is 2. The van der Waals surface area contributed by atoms with Crippen LogP contribution < -0.4 is 9.80 Å². The van der Waals surface area contributed by atoms with Crippen molar-refractivity contribution >= 4 is 28.9 Å². The first kappa shape index (κ1) is 16.4. The molecule has 6 heteroatoms. The van der Waals surface area contributed by atoms with Crippen LogP contribution in [0, 0.1) is 0 Å². The number of rotatable bonds is 2. The summed E-state index contributed by atoms with van der Waals surface area (Å²) in [5.41, 5.74) is 2.16. The number of carbonyl (C=O) groups excluding carboxylic acids is 1. The number of morpholine rings is 1. The van der Waals surface area contributed by atoms with Crippen molar-refractivity contribution in [2.75, 3.05) is 49.6 Å². The zero-order valence-corrected chi connectivity index (χ0v) is 14.7. The van der Waals surface area contributed by atoms with Crippen LogP contribution in [0.1, 0.15) is 13.8 Å². The number of halogens is 1. The van der Waals surface area contributed by atoms with Crippen LogP contribution >= 0.6 is 11.6 Å². The average molecular weight is 338 g/mol. The Labute approximate surface area is 142 Å². The molecule has 1 fully saturated rings. The number of amides is 1. The van der Waals surface area contributed by atoms with Gasteiger partial charge in [0.2, 0.25) is 5.91 Å². The number of carbonyl (C=O) groups is 1. The molecule has 1 saturated heterocycles. The Morgan fingerprint density at radius 3 is 2.61 bits per heavy atom. The van der Waals surface area contributed by atoms with Gasteiger partial charge in [-0.2, -0.15) is 0 Å². The van der Waals surface area contributed by atoms with Gasteiger partial charge < -0.3 is 19.4 Å².